The second-order valence-corrected chi connectivity index (χ2v) is 4.79. The van der Waals surface area contributed by atoms with E-state index in [2.05, 4.69) is 4.90 Å². The molecule has 0 aliphatic carbocycles. The highest BCUT2D eigenvalue weighted by Crippen LogP contribution is 2.29. The van der Waals surface area contributed by atoms with Crippen LogP contribution < -0.4 is 5.32 Å². The summed E-state index contributed by atoms with van der Waals surface area (Å²) in [4.78, 5) is 12.8. The molecule has 0 aromatic rings. The molecule has 1 fully saturated rings. The van der Waals surface area contributed by atoms with Gasteiger partial charge in [-0.25, -0.2) is 0 Å². The van der Waals surface area contributed by atoms with Crippen LogP contribution in [-0.2, 0) is 4.79 Å². The number of hydrogen-bond donors (Lipinski definition) is 1. The SMILES string of the molecule is CN1CCC(C)(CNC(=O)C(F)(F)F)CC1. The lowest BCUT2D eigenvalue weighted by Gasteiger charge is -2.37. The van der Waals surface area contributed by atoms with Gasteiger partial charge in [-0.1, -0.05) is 6.92 Å². The van der Waals surface area contributed by atoms with Crippen molar-refractivity contribution in [3.63, 3.8) is 0 Å². The molecule has 1 saturated heterocycles. The molecule has 3 nitrogen and oxygen atoms in total. The molecule has 1 amide bonds. The van der Waals surface area contributed by atoms with Crippen LogP contribution in [0.15, 0.2) is 0 Å². The molecule has 94 valence electrons. The minimum Gasteiger partial charge on any atom is -0.348 e. The maximum absolute atomic E-state index is 12.0. The Morgan fingerprint density at radius 1 is 1.38 bits per heavy atom. The average Bonchev–Trinajstić information content (AvgIpc) is 2.18. The van der Waals surface area contributed by atoms with E-state index in [0.29, 0.717) is 0 Å². The molecule has 0 unspecified atom stereocenters. The van der Waals surface area contributed by atoms with E-state index in [0.717, 1.165) is 25.9 Å². The number of amides is 1. The Kier molecular flexibility index (Phi) is 3.83. The third-order valence-electron chi connectivity index (χ3n) is 3.13. The average molecular weight is 238 g/mol. The van der Waals surface area contributed by atoms with Crippen LogP contribution in [0.4, 0.5) is 13.2 Å². The maximum Gasteiger partial charge on any atom is 0.471 e. The zero-order valence-electron chi connectivity index (χ0n) is 9.52. The van der Waals surface area contributed by atoms with Crippen LogP contribution in [0.3, 0.4) is 0 Å². The van der Waals surface area contributed by atoms with Crippen LogP contribution in [0.25, 0.3) is 0 Å². The summed E-state index contributed by atoms with van der Waals surface area (Å²) in [5.74, 6) is -1.84. The third-order valence-corrected chi connectivity index (χ3v) is 3.13. The van der Waals surface area contributed by atoms with Crippen LogP contribution in [0.5, 0.6) is 0 Å². The van der Waals surface area contributed by atoms with Gasteiger partial charge >= 0.3 is 12.1 Å². The van der Waals surface area contributed by atoms with E-state index >= 15 is 0 Å². The van der Waals surface area contributed by atoms with Crippen molar-refractivity contribution in [2.45, 2.75) is 25.9 Å². The molecule has 1 aliphatic heterocycles. The molecule has 0 aromatic carbocycles. The second kappa shape index (κ2) is 4.61. The number of rotatable bonds is 2. The molecule has 0 saturated carbocycles. The first-order valence-electron chi connectivity index (χ1n) is 5.26. The highest BCUT2D eigenvalue weighted by atomic mass is 19.4. The predicted octanol–water partition coefficient (Wildman–Crippen LogP) is 1.40. The van der Waals surface area contributed by atoms with Crippen molar-refractivity contribution in [2.75, 3.05) is 26.7 Å². The number of piperidine rings is 1. The molecular formula is C10H17F3N2O. The quantitative estimate of drug-likeness (QED) is 0.788. The summed E-state index contributed by atoms with van der Waals surface area (Å²) < 4.78 is 35.9. The molecule has 1 N–H and O–H groups in total. The van der Waals surface area contributed by atoms with E-state index < -0.39 is 12.1 Å². The van der Waals surface area contributed by atoms with Gasteiger partial charge < -0.3 is 10.2 Å². The van der Waals surface area contributed by atoms with E-state index in [1.807, 2.05) is 19.3 Å². The van der Waals surface area contributed by atoms with Crippen molar-refractivity contribution < 1.29 is 18.0 Å². The molecule has 6 heteroatoms. The normalized spacial score (nSPS) is 21.8. The zero-order valence-corrected chi connectivity index (χ0v) is 9.52. The Morgan fingerprint density at radius 3 is 2.31 bits per heavy atom. The van der Waals surface area contributed by atoms with Gasteiger partial charge in [0.2, 0.25) is 0 Å². The maximum atomic E-state index is 12.0. The summed E-state index contributed by atoms with van der Waals surface area (Å²) >= 11 is 0. The fourth-order valence-electron chi connectivity index (χ4n) is 1.73. The smallest absolute Gasteiger partial charge is 0.348 e. The molecule has 0 aromatic heterocycles. The number of nitrogens with one attached hydrogen (secondary N) is 1. The van der Waals surface area contributed by atoms with Gasteiger partial charge in [0.05, 0.1) is 0 Å². The number of carbonyl (C=O) groups is 1. The van der Waals surface area contributed by atoms with E-state index in [4.69, 9.17) is 0 Å². The van der Waals surface area contributed by atoms with Crippen molar-refractivity contribution >= 4 is 5.91 Å². The van der Waals surface area contributed by atoms with Gasteiger partial charge in [0, 0.05) is 6.54 Å². The summed E-state index contributed by atoms with van der Waals surface area (Å²) in [6.07, 6.45) is -3.16. The van der Waals surface area contributed by atoms with Crippen LogP contribution in [-0.4, -0.2) is 43.7 Å². The summed E-state index contributed by atoms with van der Waals surface area (Å²) in [6, 6.07) is 0. The molecule has 1 rings (SSSR count). The fraction of sp³-hybridized carbons (Fsp3) is 0.900. The van der Waals surface area contributed by atoms with Crippen molar-refractivity contribution in [3.8, 4) is 0 Å². The van der Waals surface area contributed by atoms with Crippen molar-refractivity contribution in [1.29, 1.82) is 0 Å². The molecule has 16 heavy (non-hydrogen) atoms. The number of halogens is 3. The first-order valence-corrected chi connectivity index (χ1v) is 5.26. The van der Waals surface area contributed by atoms with Crippen LogP contribution in [0.2, 0.25) is 0 Å². The lowest BCUT2D eigenvalue weighted by Crippen LogP contribution is -2.46. The minimum atomic E-state index is -4.78. The van der Waals surface area contributed by atoms with E-state index in [1.54, 1.807) is 0 Å². The Morgan fingerprint density at radius 2 is 1.88 bits per heavy atom. The van der Waals surface area contributed by atoms with Gasteiger partial charge in [0.1, 0.15) is 0 Å². The van der Waals surface area contributed by atoms with E-state index in [1.165, 1.54) is 0 Å². The number of carbonyl (C=O) groups excluding carboxylic acids is 1. The largest absolute Gasteiger partial charge is 0.471 e. The summed E-state index contributed by atoms with van der Waals surface area (Å²) in [5, 5.41) is 1.97. The molecule has 0 spiro atoms. The van der Waals surface area contributed by atoms with Crippen molar-refractivity contribution in [3.05, 3.63) is 0 Å². The Hall–Kier alpha value is -0.780. The van der Waals surface area contributed by atoms with Gasteiger partial charge in [-0.2, -0.15) is 13.2 Å². The number of alkyl halides is 3. The Bertz CT molecular complexity index is 257. The molecule has 1 heterocycles. The summed E-state index contributed by atoms with van der Waals surface area (Å²) in [6.45, 7) is 3.73. The predicted molar refractivity (Wildman–Crippen MR) is 53.9 cm³/mol. The molecule has 1 aliphatic rings. The lowest BCUT2D eigenvalue weighted by molar-refractivity contribution is -0.174. The van der Waals surface area contributed by atoms with E-state index in [9.17, 15) is 18.0 Å². The second-order valence-electron chi connectivity index (χ2n) is 4.79. The highest BCUT2D eigenvalue weighted by Gasteiger charge is 2.40. The fourth-order valence-corrected chi connectivity index (χ4v) is 1.73. The number of likely N-dealkylation sites (tertiary alicyclic amines) is 1. The molecule has 0 atom stereocenters. The number of nitrogens with zero attached hydrogens (tertiary/aromatic N) is 1. The van der Waals surface area contributed by atoms with Crippen molar-refractivity contribution in [2.24, 2.45) is 5.41 Å². The van der Waals surface area contributed by atoms with Gasteiger partial charge in [-0.05, 0) is 38.4 Å². The van der Waals surface area contributed by atoms with Crippen molar-refractivity contribution in [1.82, 2.24) is 10.2 Å². The standard InChI is InChI=1S/C10H17F3N2O/c1-9(3-5-15(2)6-4-9)7-14-8(16)10(11,12)13/h3-7H2,1-2H3,(H,14,16). The highest BCUT2D eigenvalue weighted by molar-refractivity contribution is 5.81. The molecule has 0 radical (unpaired) electrons. The van der Waals surface area contributed by atoms with Gasteiger partial charge in [0.15, 0.2) is 0 Å². The molecular weight excluding hydrogens is 221 g/mol. The minimum absolute atomic E-state index is 0.0964. The van der Waals surface area contributed by atoms with Gasteiger partial charge in [-0.3, -0.25) is 4.79 Å². The number of hydrogen-bond acceptors (Lipinski definition) is 2. The van der Waals surface area contributed by atoms with Crippen LogP contribution >= 0.6 is 0 Å². The van der Waals surface area contributed by atoms with Gasteiger partial charge in [0.25, 0.3) is 0 Å². The topological polar surface area (TPSA) is 32.3 Å². The van der Waals surface area contributed by atoms with Gasteiger partial charge in [-0.15, -0.1) is 0 Å². The Labute approximate surface area is 93.0 Å². The Balaban J connectivity index is 2.40. The lowest BCUT2D eigenvalue weighted by atomic mass is 9.80. The van der Waals surface area contributed by atoms with Crippen LogP contribution in [0, 0.1) is 5.41 Å². The monoisotopic (exact) mass is 238 g/mol. The molecule has 0 bridgehead atoms. The summed E-state index contributed by atoms with van der Waals surface area (Å²) in [7, 11) is 1.98. The summed E-state index contributed by atoms with van der Waals surface area (Å²) in [5.41, 5.74) is -0.215. The van der Waals surface area contributed by atoms with E-state index in [-0.39, 0.29) is 12.0 Å². The zero-order chi connectivity index (χ0) is 12.4. The van der Waals surface area contributed by atoms with Crippen LogP contribution in [0.1, 0.15) is 19.8 Å². The first-order chi connectivity index (χ1) is 7.23. The third kappa shape index (κ3) is 3.66. The first kappa shape index (κ1) is 13.3.